The van der Waals surface area contributed by atoms with Crippen LogP contribution in [0.2, 0.25) is 0 Å². The fourth-order valence-electron chi connectivity index (χ4n) is 3.25. The number of nitrogens with zero attached hydrogens (tertiary/aromatic N) is 4. The van der Waals surface area contributed by atoms with Crippen molar-refractivity contribution in [2.75, 3.05) is 31.6 Å². The van der Waals surface area contributed by atoms with Crippen molar-refractivity contribution in [1.29, 1.82) is 0 Å². The Hall–Kier alpha value is -1.89. The Bertz CT molecular complexity index is 806. The van der Waals surface area contributed by atoms with Crippen LogP contribution in [-0.2, 0) is 4.74 Å². The Balaban J connectivity index is 1.67. The molecule has 1 fully saturated rings. The molecule has 140 valence electrons. The lowest BCUT2D eigenvalue weighted by molar-refractivity contribution is 0.0277. The van der Waals surface area contributed by atoms with E-state index in [4.69, 9.17) is 4.74 Å². The summed E-state index contributed by atoms with van der Waals surface area (Å²) >= 11 is 3.45. The number of carbonyl (C=O) groups is 1. The van der Waals surface area contributed by atoms with Crippen molar-refractivity contribution in [3.05, 3.63) is 29.0 Å². The second-order valence-electron chi connectivity index (χ2n) is 7.81. The minimum absolute atomic E-state index is 0.267. The Morgan fingerprint density at radius 3 is 2.92 bits per heavy atom. The highest BCUT2D eigenvalue weighted by atomic mass is 79.9. The van der Waals surface area contributed by atoms with Crippen molar-refractivity contribution >= 4 is 38.7 Å². The molecule has 2 aromatic heterocycles. The zero-order chi connectivity index (χ0) is 18.9. The van der Waals surface area contributed by atoms with Crippen molar-refractivity contribution in [3.8, 4) is 0 Å². The summed E-state index contributed by atoms with van der Waals surface area (Å²) in [6.45, 7) is 8.18. The van der Waals surface area contributed by atoms with Gasteiger partial charge in [0.2, 0.25) is 0 Å². The fraction of sp³-hybridized carbons (Fsp3) is 0.526. The molecule has 1 atom stereocenters. The molecule has 2 aromatic rings. The second kappa shape index (κ2) is 7.39. The molecule has 3 rings (SSSR count). The predicted molar refractivity (Wildman–Crippen MR) is 106 cm³/mol. The summed E-state index contributed by atoms with van der Waals surface area (Å²) in [4.78, 5) is 25.1. The van der Waals surface area contributed by atoms with Crippen LogP contribution in [0.5, 0.6) is 0 Å². The lowest BCUT2D eigenvalue weighted by Gasteiger charge is -2.26. The number of hydrogen-bond acceptors (Lipinski definition) is 5. The van der Waals surface area contributed by atoms with Gasteiger partial charge in [0.25, 0.3) is 0 Å². The monoisotopic (exact) mass is 420 g/mol. The van der Waals surface area contributed by atoms with Crippen LogP contribution in [0, 0.1) is 5.92 Å². The highest BCUT2D eigenvalue weighted by Crippen LogP contribution is 2.30. The average Bonchev–Trinajstić information content (AvgIpc) is 3.00. The molecule has 1 aliphatic rings. The van der Waals surface area contributed by atoms with Crippen molar-refractivity contribution in [3.63, 3.8) is 0 Å². The first-order valence-electron chi connectivity index (χ1n) is 8.82. The molecule has 6 nitrogen and oxygen atoms in total. The molecule has 1 aliphatic heterocycles. The quantitative estimate of drug-likeness (QED) is 0.748. The van der Waals surface area contributed by atoms with Gasteiger partial charge in [-0.05, 0) is 61.2 Å². The fourth-order valence-corrected chi connectivity index (χ4v) is 3.57. The molecule has 1 unspecified atom stereocenters. The van der Waals surface area contributed by atoms with E-state index in [1.54, 1.807) is 18.1 Å². The van der Waals surface area contributed by atoms with Gasteiger partial charge in [0.15, 0.2) is 0 Å². The molecule has 26 heavy (non-hydrogen) atoms. The molecule has 0 aliphatic carbocycles. The standard InChI is InChI=1S/C19H25BrN4O2/c1-19(2,3)26-18(25)23(4)11-13-6-8-24(12-13)16-5-7-21-15-9-14(20)10-22-17(15)16/h5,7,9-10,13H,6,8,11-12H2,1-4H3. The van der Waals surface area contributed by atoms with Gasteiger partial charge in [-0.1, -0.05) is 0 Å². The smallest absolute Gasteiger partial charge is 0.410 e. The van der Waals surface area contributed by atoms with Crippen LogP contribution in [0.25, 0.3) is 11.0 Å². The molecule has 0 saturated carbocycles. The number of rotatable bonds is 3. The number of amides is 1. The van der Waals surface area contributed by atoms with E-state index in [1.807, 2.05) is 39.1 Å². The van der Waals surface area contributed by atoms with Crippen LogP contribution >= 0.6 is 15.9 Å². The van der Waals surface area contributed by atoms with E-state index >= 15 is 0 Å². The van der Waals surface area contributed by atoms with E-state index in [0.717, 1.165) is 40.7 Å². The van der Waals surface area contributed by atoms with Crippen molar-refractivity contribution in [1.82, 2.24) is 14.9 Å². The summed E-state index contributed by atoms with van der Waals surface area (Å²) in [5, 5.41) is 0. The molecular formula is C19H25BrN4O2. The zero-order valence-electron chi connectivity index (χ0n) is 15.7. The number of halogens is 1. The van der Waals surface area contributed by atoms with Gasteiger partial charge >= 0.3 is 6.09 Å². The normalized spacial score (nSPS) is 17.6. The van der Waals surface area contributed by atoms with Crippen molar-refractivity contribution < 1.29 is 9.53 Å². The maximum absolute atomic E-state index is 12.2. The Kier molecular flexibility index (Phi) is 5.37. The second-order valence-corrected chi connectivity index (χ2v) is 8.73. The van der Waals surface area contributed by atoms with Gasteiger partial charge in [-0.3, -0.25) is 9.97 Å². The van der Waals surface area contributed by atoms with Gasteiger partial charge in [0, 0.05) is 43.5 Å². The molecule has 1 saturated heterocycles. The van der Waals surface area contributed by atoms with Crippen molar-refractivity contribution in [2.45, 2.75) is 32.8 Å². The lowest BCUT2D eigenvalue weighted by atomic mass is 10.1. The minimum Gasteiger partial charge on any atom is -0.444 e. The first kappa shape index (κ1) is 18.9. The van der Waals surface area contributed by atoms with E-state index in [1.165, 1.54) is 0 Å². The minimum atomic E-state index is -0.469. The molecule has 3 heterocycles. The summed E-state index contributed by atoms with van der Waals surface area (Å²) in [6, 6.07) is 4.00. The molecule has 0 spiro atoms. The molecule has 7 heteroatoms. The number of hydrogen-bond donors (Lipinski definition) is 0. The maximum atomic E-state index is 12.2. The van der Waals surface area contributed by atoms with E-state index in [-0.39, 0.29) is 6.09 Å². The van der Waals surface area contributed by atoms with Gasteiger partial charge < -0.3 is 14.5 Å². The zero-order valence-corrected chi connectivity index (χ0v) is 17.3. The summed E-state index contributed by atoms with van der Waals surface area (Å²) in [5.74, 6) is 0.409. The van der Waals surface area contributed by atoms with E-state index in [0.29, 0.717) is 12.5 Å². The van der Waals surface area contributed by atoms with Gasteiger partial charge in [0.05, 0.1) is 11.2 Å². The number of aromatic nitrogens is 2. The van der Waals surface area contributed by atoms with E-state index in [2.05, 4.69) is 30.8 Å². The lowest BCUT2D eigenvalue weighted by Crippen LogP contribution is -2.37. The van der Waals surface area contributed by atoms with Crippen LogP contribution in [0.15, 0.2) is 29.0 Å². The third-order valence-electron chi connectivity index (χ3n) is 4.39. The summed E-state index contributed by atoms with van der Waals surface area (Å²) in [7, 11) is 1.80. The maximum Gasteiger partial charge on any atom is 0.410 e. The first-order chi connectivity index (χ1) is 12.2. The number of carbonyl (C=O) groups excluding carboxylic acids is 1. The number of ether oxygens (including phenoxy) is 1. The highest BCUT2D eigenvalue weighted by Gasteiger charge is 2.28. The molecule has 0 N–H and O–H groups in total. The van der Waals surface area contributed by atoms with Crippen LogP contribution in [0.1, 0.15) is 27.2 Å². The van der Waals surface area contributed by atoms with E-state index in [9.17, 15) is 4.79 Å². The average molecular weight is 421 g/mol. The van der Waals surface area contributed by atoms with Gasteiger partial charge in [-0.2, -0.15) is 0 Å². The predicted octanol–water partition coefficient (Wildman–Crippen LogP) is 4.09. The van der Waals surface area contributed by atoms with Crippen molar-refractivity contribution in [2.24, 2.45) is 5.92 Å². The summed E-state index contributed by atoms with van der Waals surface area (Å²) in [6.07, 6.45) is 4.40. The van der Waals surface area contributed by atoms with E-state index < -0.39 is 5.60 Å². The first-order valence-corrected chi connectivity index (χ1v) is 9.61. The van der Waals surface area contributed by atoms with Gasteiger partial charge in [0.1, 0.15) is 11.1 Å². The van der Waals surface area contributed by atoms with Crippen LogP contribution in [0.4, 0.5) is 10.5 Å². The SMILES string of the molecule is CN(CC1CCN(c2ccnc3cc(Br)cnc23)C1)C(=O)OC(C)(C)C. The van der Waals surface area contributed by atoms with Crippen LogP contribution in [-0.4, -0.2) is 53.2 Å². The van der Waals surface area contributed by atoms with Gasteiger partial charge in [-0.25, -0.2) is 4.79 Å². The third-order valence-corrected chi connectivity index (χ3v) is 4.82. The third kappa shape index (κ3) is 4.44. The molecule has 0 bridgehead atoms. The number of pyridine rings is 2. The molecule has 0 radical (unpaired) electrons. The Labute approximate surface area is 162 Å². The summed E-state index contributed by atoms with van der Waals surface area (Å²) < 4.78 is 6.36. The largest absolute Gasteiger partial charge is 0.444 e. The Morgan fingerprint density at radius 1 is 1.42 bits per heavy atom. The number of fused-ring (bicyclic) bond motifs is 1. The highest BCUT2D eigenvalue weighted by molar-refractivity contribution is 9.10. The molecule has 1 amide bonds. The van der Waals surface area contributed by atoms with Crippen LogP contribution < -0.4 is 4.90 Å². The molecular weight excluding hydrogens is 396 g/mol. The molecule has 0 aromatic carbocycles. The van der Waals surface area contributed by atoms with Gasteiger partial charge in [-0.15, -0.1) is 0 Å². The number of anilines is 1. The Morgan fingerprint density at radius 2 is 2.19 bits per heavy atom. The van der Waals surface area contributed by atoms with Crippen LogP contribution in [0.3, 0.4) is 0 Å². The topological polar surface area (TPSA) is 58.6 Å². The summed E-state index contributed by atoms with van der Waals surface area (Å²) in [5.41, 5.74) is 2.43.